The van der Waals surface area contributed by atoms with Crippen LogP contribution < -0.4 is 10.6 Å². The van der Waals surface area contributed by atoms with Gasteiger partial charge in [0.05, 0.1) is 0 Å². The van der Waals surface area contributed by atoms with Crippen molar-refractivity contribution in [1.82, 2.24) is 10.6 Å². The molecule has 1 saturated heterocycles. The minimum Gasteiger partial charge on any atom is -0.480 e. The van der Waals surface area contributed by atoms with Gasteiger partial charge in [-0.2, -0.15) is 11.8 Å². The Labute approximate surface area is 105 Å². The van der Waals surface area contributed by atoms with Gasteiger partial charge in [-0.3, -0.25) is 0 Å². The second-order valence-electron chi connectivity index (χ2n) is 4.74. The van der Waals surface area contributed by atoms with Gasteiger partial charge in [-0.25, -0.2) is 9.59 Å². The smallest absolute Gasteiger partial charge is 0.326 e. The molecule has 2 aliphatic rings. The second kappa shape index (κ2) is 5.62. The van der Waals surface area contributed by atoms with Gasteiger partial charge in [-0.1, -0.05) is 0 Å². The predicted octanol–water partition coefficient (Wildman–Crippen LogP) is 0.902. The molecule has 17 heavy (non-hydrogen) atoms. The molecule has 6 heteroatoms. The number of amides is 2. The third-order valence-electron chi connectivity index (χ3n) is 3.22. The van der Waals surface area contributed by atoms with Gasteiger partial charge in [0.15, 0.2) is 0 Å². The monoisotopic (exact) mass is 258 g/mol. The number of nitrogens with one attached hydrogen (secondary N) is 2. The summed E-state index contributed by atoms with van der Waals surface area (Å²) in [7, 11) is 0. The maximum atomic E-state index is 11.6. The van der Waals surface area contributed by atoms with Crippen LogP contribution in [0.25, 0.3) is 0 Å². The van der Waals surface area contributed by atoms with E-state index >= 15 is 0 Å². The van der Waals surface area contributed by atoms with Crippen LogP contribution in [0.2, 0.25) is 0 Å². The van der Waals surface area contributed by atoms with Crippen molar-refractivity contribution in [2.45, 2.75) is 25.3 Å². The summed E-state index contributed by atoms with van der Waals surface area (Å²) in [5.74, 6) is 1.98. The van der Waals surface area contributed by atoms with Gasteiger partial charge in [0, 0.05) is 6.54 Å². The minimum atomic E-state index is -0.931. The van der Waals surface area contributed by atoms with E-state index in [0.29, 0.717) is 12.5 Å². The van der Waals surface area contributed by atoms with Crippen LogP contribution in [-0.4, -0.2) is 41.2 Å². The lowest BCUT2D eigenvalue weighted by molar-refractivity contribution is -0.139. The lowest BCUT2D eigenvalue weighted by Crippen LogP contribution is -2.48. The van der Waals surface area contributed by atoms with Gasteiger partial charge in [-0.15, -0.1) is 0 Å². The molecule has 1 heterocycles. The molecule has 0 aromatic rings. The van der Waals surface area contributed by atoms with Crippen LogP contribution in [0.4, 0.5) is 4.79 Å². The summed E-state index contributed by atoms with van der Waals surface area (Å²) < 4.78 is 0. The van der Waals surface area contributed by atoms with E-state index in [0.717, 1.165) is 30.8 Å². The van der Waals surface area contributed by atoms with E-state index in [1.807, 2.05) is 11.8 Å². The topological polar surface area (TPSA) is 78.4 Å². The van der Waals surface area contributed by atoms with Gasteiger partial charge in [0.25, 0.3) is 0 Å². The Balaban J connectivity index is 1.69. The van der Waals surface area contributed by atoms with Crippen LogP contribution in [-0.2, 0) is 4.79 Å². The van der Waals surface area contributed by atoms with Crippen molar-refractivity contribution in [3.8, 4) is 0 Å². The Morgan fingerprint density at radius 2 is 2.12 bits per heavy atom. The molecule has 1 saturated carbocycles. The average Bonchev–Trinajstić information content (AvgIpc) is 2.99. The molecule has 3 N–H and O–H groups in total. The Hall–Kier alpha value is -0.910. The van der Waals surface area contributed by atoms with Crippen LogP contribution in [0.3, 0.4) is 0 Å². The van der Waals surface area contributed by atoms with Crippen LogP contribution in [0.15, 0.2) is 0 Å². The largest absolute Gasteiger partial charge is 0.480 e. The Morgan fingerprint density at radius 3 is 2.65 bits per heavy atom. The molecule has 0 radical (unpaired) electrons. The second-order valence-corrected chi connectivity index (χ2v) is 5.89. The zero-order chi connectivity index (χ0) is 12.3. The summed E-state index contributed by atoms with van der Waals surface area (Å²) in [5, 5.41) is 14.3. The number of aliphatic carboxylic acids is 1. The standard InChI is InChI=1S/C11H18N2O3S/c14-10(15)9(8-1-2-8)13-11(16)12-5-7-3-4-17-6-7/h7-9H,1-6H2,(H,14,15)(H2,12,13,16). The molecule has 0 spiro atoms. The molecule has 2 rings (SSSR count). The lowest BCUT2D eigenvalue weighted by Gasteiger charge is -2.15. The normalized spacial score (nSPS) is 25.3. The van der Waals surface area contributed by atoms with E-state index in [2.05, 4.69) is 10.6 Å². The maximum absolute atomic E-state index is 11.6. The summed E-state index contributed by atoms with van der Waals surface area (Å²) in [6.07, 6.45) is 2.93. The minimum absolute atomic E-state index is 0.125. The molecule has 0 aromatic heterocycles. The van der Waals surface area contributed by atoms with Crippen LogP contribution in [0.5, 0.6) is 0 Å². The van der Waals surface area contributed by atoms with Crippen molar-refractivity contribution >= 4 is 23.8 Å². The van der Waals surface area contributed by atoms with Gasteiger partial charge in [0.2, 0.25) is 0 Å². The van der Waals surface area contributed by atoms with Crippen molar-refractivity contribution in [2.75, 3.05) is 18.1 Å². The molecule has 1 aliphatic carbocycles. The highest BCUT2D eigenvalue weighted by atomic mass is 32.2. The molecule has 2 amide bonds. The highest BCUT2D eigenvalue weighted by molar-refractivity contribution is 7.99. The van der Waals surface area contributed by atoms with Crippen LogP contribution in [0, 0.1) is 11.8 Å². The summed E-state index contributed by atoms with van der Waals surface area (Å²) >= 11 is 1.90. The predicted molar refractivity (Wildman–Crippen MR) is 66.1 cm³/mol. The van der Waals surface area contributed by atoms with E-state index in [1.165, 1.54) is 0 Å². The molecule has 0 bridgehead atoms. The first kappa shape index (κ1) is 12.5. The van der Waals surface area contributed by atoms with Gasteiger partial charge >= 0.3 is 12.0 Å². The number of rotatable bonds is 5. The summed E-state index contributed by atoms with van der Waals surface area (Å²) in [4.78, 5) is 22.5. The van der Waals surface area contributed by atoms with E-state index < -0.39 is 12.0 Å². The zero-order valence-electron chi connectivity index (χ0n) is 9.65. The number of hydrogen-bond acceptors (Lipinski definition) is 3. The number of carboxylic acid groups (broad SMARTS) is 1. The van der Waals surface area contributed by atoms with Crippen molar-refractivity contribution in [3.63, 3.8) is 0 Å². The van der Waals surface area contributed by atoms with Gasteiger partial charge in [-0.05, 0) is 42.6 Å². The molecule has 0 aromatic carbocycles. The number of carbonyl (C=O) groups excluding carboxylic acids is 1. The van der Waals surface area contributed by atoms with Crippen LogP contribution in [0.1, 0.15) is 19.3 Å². The number of urea groups is 1. The Kier molecular flexibility index (Phi) is 4.15. The fourth-order valence-corrected chi connectivity index (χ4v) is 3.27. The molecule has 1 aliphatic heterocycles. The number of carbonyl (C=O) groups is 2. The Bertz CT molecular complexity index is 301. The third-order valence-corrected chi connectivity index (χ3v) is 4.45. The number of thioether (sulfide) groups is 1. The highest BCUT2D eigenvalue weighted by Gasteiger charge is 2.37. The maximum Gasteiger partial charge on any atom is 0.326 e. The molecule has 96 valence electrons. The number of carboxylic acids is 1. The first-order valence-electron chi connectivity index (χ1n) is 6.01. The molecular formula is C11H18N2O3S. The van der Waals surface area contributed by atoms with Gasteiger partial charge in [0.1, 0.15) is 6.04 Å². The van der Waals surface area contributed by atoms with E-state index in [9.17, 15) is 9.59 Å². The quantitative estimate of drug-likeness (QED) is 0.684. The molecule has 2 unspecified atom stereocenters. The average molecular weight is 258 g/mol. The fraction of sp³-hybridized carbons (Fsp3) is 0.818. The van der Waals surface area contributed by atoms with Crippen molar-refractivity contribution in [1.29, 1.82) is 0 Å². The summed E-state index contributed by atoms with van der Waals surface area (Å²) in [6.45, 7) is 0.649. The first-order chi connectivity index (χ1) is 8.16. The molecular weight excluding hydrogens is 240 g/mol. The molecule has 2 fully saturated rings. The van der Waals surface area contributed by atoms with E-state index in [1.54, 1.807) is 0 Å². The first-order valence-corrected chi connectivity index (χ1v) is 7.17. The van der Waals surface area contributed by atoms with E-state index in [-0.39, 0.29) is 11.9 Å². The zero-order valence-corrected chi connectivity index (χ0v) is 10.5. The summed E-state index contributed by atoms with van der Waals surface area (Å²) in [5.41, 5.74) is 0. The SMILES string of the molecule is O=C(NCC1CCSC1)NC(C(=O)O)C1CC1. The molecule has 5 nitrogen and oxygen atoms in total. The van der Waals surface area contributed by atoms with E-state index in [4.69, 9.17) is 5.11 Å². The third kappa shape index (κ3) is 3.80. The Morgan fingerprint density at radius 1 is 1.35 bits per heavy atom. The van der Waals surface area contributed by atoms with Crippen molar-refractivity contribution < 1.29 is 14.7 Å². The molecule has 2 atom stereocenters. The number of hydrogen-bond donors (Lipinski definition) is 3. The fourth-order valence-electron chi connectivity index (χ4n) is 1.98. The van der Waals surface area contributed by atoms with Crippen molar-refractivity contribution in [2.24, 2.45) is 11.8 Å². The van der Waals surface area contributed by atoms with Gasteiger partial charge < -0.3 is 15.7 Å². The summed E-state index contributed by atoms with van der Waals surface area (Å²) in [6, 6.07) is -1.06. The lowest BCUT2D eigenvalue weighted by atomic mass is 10.1. The van der Waals surface area contributed by atoms with Crippen LogP contribution >= 0.6 is 11.8 Å². The van der Waals surface area contributed by atoms with Crippen molar-refractivity contribution in [3.05, 3.63) is 0 Å². The highest BCUT2D eigenvalue weighted by Crippen LogP contribution is 2.32.